The first-order chi connectivity index (χ1) is 9.66. The van der Waals surface area contributed by atoms with Crippen molar-refractivity contribution in [1.29, 1.82) is 0 Å². The Morgan fingerprint density at radius 2 is 1.62 bits per heavy atom. The van der Waals surface area contributed by atoms with Crippen molar-refractivity contribution in [2.24, 2.45) is 16.8 Å². The fourth-order valence-corrected chi connectivity index (χ4v) is 6.66. The van der Waals surface area contributed by atoms with Gasteiger partial charge in [0.05, 0.1) is 0 Å². The molecule has 2 rings (SSSR count). The summed E-state index contributed by atoms with van der Waals surface area (Å²) in [5.41, 5.74) is 1.48. The van der Waals surface area contributed by atoms with E-state index < -0.39 is 5.72 Å². The predicted octanol–water partition coefficient (Wildman–Crippen LogP) is 4.03. The minimum atomic E-state index is -0.950. The maximum atomic E-state index is 10.7. The SMILES string of the molecule is Cc1ccc(C2=NC(C)(O)CC(C(C)C)(C(C)C)[Se]2)cc1. The summed E-state index contributed by atoms with van der Waals surface area (Å²) < 4.78 is 1.28. The third-order valence-electron chi connectivity index (χ3n) is 4.49. The summed E-state index contributed by atoms with van der Waals surface area (Å²) in [5.74, 6) is 1.08. The van der Waals surface area contributed by atoms with E-state index in [1.807, 2.05) is 6.92 Å². The van der Waals surface area contributed by atoms with Crippen LogP contribution < -0.4 is 0 Å². The molecule has 21 heavy (non-hydrogen) atoms. The number of benzene rings is 1. The molecule has 1 heterocycles. The van der Waals surface area contributed by atoms with E-state index in [9.17, 15) is 5.11 Å². The van der Waals surface area contributed by atoms with E-state index in [1.54, 1.807) is 0 Å². The van der Waals surface area contributed by atoms with Crippen LogP contribution in [0.3, 0.4) is 0 Å². The molecule has 0 aromatic heterocycles. The minimum absolute atomic E-state index is 0.165. The molecule has 2 nitrogen and oxygen atoms in total. The topological polar surface area (TPSA) is 32.6 Å². The van der Waals surface area contributed by atoms with Gasteiger partial charge in [-0.2, -0.15) is 0 Å². The molecule has 0 aliphatic carbocycles. The molecular formula is C18H27NOSe. The summed E-state index contributed by atoms with van der Waals surface area (Å²) in [7, 11) is 0. The Bertz CT molecular complexity index is 521. The number of hydrogen-bond acceptors (Lipinski definition) is 2. The fourth-order valence-electron chi connectivity index (χ4n) is 3.15. The Hall–Kier alpha value is -0.631. The van der Waals surface area contributed by atoms with Crippen LogP contribution in [0.15, 0.2) is 29.3 Å². The summed E-state index contributed by atoms with van der Waals surface area (Å²) in [6.45, 7) is 13.1. The van der Waals surface area contributed by atoms with E-state index in [0.717, 1.165) is 11.0 Å². The average molecular weight is 352 g/mol. The monoisotopic (exact) mass is 353 g/mol. The molecule has 0 radical (unpaired) electrons. The molecule has 0 saturated heterocycles. The summed E-state index contributed by atoms with van der Waals surface area (Å²) in [6, 6.07) is 8.54. The van der Waals surface area contributed by atoms with Crippen molar-refractivity contribution in [1.82, 2.24) is 0 Å². The van der Waals surface area contributed by atoms with Gasteiger partial charge in [-0.15, -0.1) is 0 Å². The zero-order chi connectivity index (χ0) is 15.8. The second-order valence-electron chi connectivity index (χ2n) is 7.04. The zero-order valence-electron chi connectivity index (χ0n) is 14.0. The number of hydrogen-bond donors (Lipinski definition) is 1. The van der Waals surface area contributed by atoms with E-state index in [1.165, 1.54) is 11.1 Å². The van der Waals surface area contributed by atoms with Crippen LogP contribution in [-0.4, -0.2) is 30.4 Å². The van der Waals surface area contributed by atoms with Gasteiger partial charge in [-0.3, -0.25) is 0 Å². The Labute approximate surface area is 135 Å². The third-order valence-corrected chi connectivity index (χ3v) is 8.66. The van der Waals surface area contributed by atoms with Crippen LogP contribution in [0.25, 0.3) is 0 Å². The van der Waals surface area contributed by atoms with Crippen LogP contribution in [0.2, 0.25) is 4.31 Å². The molecule has 0 bridgehead atoms. The maximum absolute atomic E-state index is 10.7. The van der Waals surface area contributed by atoms with Crippen LogP contribution in [0.4, 0.5) is 0 Å². The molecule has 0 spiro atoms. The van der Waals surface area contributed by atoms with Crippen molar-refractivity contribution in [3.8, 4) is 0 Å². The Kier molecular flexibility index (Phi) is 4.68. The summed E-state index contributed by atoms with van der Waals surface area (Å²) in [6.07, 6.45) is 0.769. The number of aryl methyl sites for hydroxylation is 1. The molecule has 1 aromatic carbocycles. The van der Waals surface area contributed by atoms with Gasteiger partial charge in [0.1, 0.15) is 0 Å². The zero-order valence-corrected chi connectivity index (χ0v) is 15.7. The molecule has 116 valence electrons. The molecule has 1 unspecified atom stereocenters. The molecule has 1 aliphatic rings. The molecule has 1 aromatic rings. The first-order valence-electron chi connectivity index (χ1n) is 7.74. The average Bonchev–Trinajstić information content (AvgIpc) is 2.37. The number of rotatable bonds is 3. The van der Waals surface area contributed by atoms with Crippen LogP contribution in [0, 0.1) is 18.8 Å². The summed E-state index contributed by atoms with van der Waals surface area (Å²) in [4.78, 5) is 4.67. The molecule has 0 saturated carbocycles. The standard InChI is InChI=1S/C18H27NOSe/c1-12(2)18(13(3)4)11-17(6,20)19-16(21-18)15-9-7-14(5)8-10-15/h7-10,12-13,20H,11H2,1-6H3. The van der Waals surface area contributed by atoms with Crippen LogP contribution >= 0.6 is 0 Å². The van der Waals surface area contributed by atoms with Crippen LogP contribution in [0.1, 0.15) is 52.2 Å². The van der Waals surface area contributed by atoms with Crippen molar-refractivity contribution in [3.05, 3.63) is 35.4 Å². The van der Waals surface area contributed by atoms with Gasteiger partial charge in [0, 0.05) is 0 Å². The molecule has 1 aliphatic heterocycles. The van der Waals surface area contributed by atoms with E-state index in [4.69, 9.17) is 0 Å². The van der Waals surface area contributed by atoms with Gasteiger partial charge in [-0.1, -0.05) is 0 Å². The Balaban J connectivity index is 2.47. The predicted molar refractivity (Wildman–Crippen MR) is 91.1 cm³/mol. The van der Waals surface area contributed by atoms with Gasteiger partial charge in [0.25, 0.3) is 0 Å². The van der Waals surface area contributed by atoms with Gasteiger partial charge >= 0.3 is 135 Å². The van der Waals surface area contributed by atoms with E-state index in [-0.39, 0.29) is 19.3 Å². The van der Waals surface area contributed by atoms with Crippen LogP contribution in [-0.2, 0) is 0 Å². The van der Waals surface area contributed by atoms with Crippen LogP contribution in [0.5, 0.6) is 0 Å². The molecule has 1 N–H and O–H groups in total. The molecule has 3 heteroatoms. The van der Waals surface area contributed by atoms with E-state index in [2.05, 4.69) is 63.9 Å². The third kappa shape index (κ3) is 3.41. The fraction of sp³-hybridized carbons (Fsp3) is 0.611. The second-order valence-corrected chi connectivity index (χ2v) is 9.88. The molecule has 1 atom stereocenters. The normalized spacial score (nSPS) is 25.3. The molecular weight excluding hydrogens is 325 g/mol. The Morgan fingerprint density at radius 3 is 2.10 bits per heavy atom. The van der Waals surface area contributed by atoms with Gasteiger partial charge in [0.2, 0.25) is 0 Å². The van der Waals surface area contributed by atoms with Crippen molar-refractivity contribution in [3.63, 3.8) is 0 Å². The quantitative estimate of drug-likeness (QED) is 0.819. The van der Waals surface area contributed by atoms with E-state index >= 15 is 0 Å². The first-order valence-corrected chi connectivity index (χ1v) is 9.46. The van der Waals surface area contributed by atoms with Crippen molar-refractivity contribution in [2.45, 2.75) is 58.0 Å². The Morgan fingerprint density at radius 1 is 1.10 bits per heavy atom. The number of nitrogens with zero attached hydrogens (tertiary/aromatic N) is 1. The number of aliphatic hydroxyl groups is 1. The van der Waals surface area contributed by atoms with Gasteiger partial charge in [0.15, 0.2) is 0 Å². The second kappa shape index (κ2) is 5.87. The van der Waals surface area contributed by atoms with Crippen molar-refractivity contribution < 1.29 is 5.11 Å². The summed E-state index contributed by atoms with van der Waals surface area (Å²) in [5, 5.41) is 10.7. The van der Waals surface area contributed by atoms with Crippen molar-refractivity contribution >= 4 is 19.6 Å². The molecule has 0 amide bonds. The first kappa shape index (κ1) is 16.7. The van der Waals surface area contributed by atoms with E-state index in [0.29, 0.717) is 11.8 Å². The summed E-state index contributed by atoms with van der Waals surface area (Å²) >= 11 is 0.271. The number of aliphatic imine (C=N–C) groups is 1. The van der Waals surface area contributed by atoms with Gasteiger partial charge in [-0.05, 0) is 0 Å². The van der Waals surface area contributed by atoms with Gasteiger partial charge in [-0.25, -0.2) is 0 Å². The molecule has 0 fully saturated rings. The van der Waals surface area contributed by atoms with Gasteiger partial charge < -0.3 is 0 Å². The van der Waals surface area contributed by atoms with Crippen molar-refractivity contribution in [2.75, 3.05) is 0 Å².